The van der Waals surface area contributed by atoms with Gasteiger partial charge in [-0.15, -0.1) is 16.8 Å². The Morgan fingerprint density at radius 2 is 1.84 bits per heavy atom. The van der Waals surface area contributed by atoms with Crippen molar-refractivity contribution in [3.05, 3.63) is 77.0 Å². The molecule has 0 radical (unpaired) electrons. The van der Waals surface area contributed by atoms with Crippen molar-refractivity contribution in [2.24, 2.45) is 0 Å². The molecular formula is C24H27BrN4O2S. The maximum atomic E-state index is 12.4. The van der Waals surface area contributed by atoms with Crippen molar-refractivity contribution < 1.29 is 9.53 Å². The zero-order valence-electron chi connectivity index (χ0n) is 18.4. The Balaban J connectivity index is 1.65. The number of anilines is 1. The predicted molar refractivity (Wildman–Crippen MR) is 133 cm³/mol. The van der Waals surface area contributed by atoms with Crippen molar-refractivity contribution in [3.8, 4) is 5.75 Å². The number of ether oxygens (including phenoxy) is 1. The van der Waals surface area contributed by atoms with Gasteiger partial charge in [-0.3, -0.25) is 9.36 Å². The summed E-state index contributed by atoms with van der Waals surface area (Å²) in [6.45, 7) is 10.6. The van der Waals surface area contributed by atoms with E-state index < -0.39 is 0 Å². The molecule has 0 aliphatic carbocycles. The van der Waals surface area contributed by atoms with Gasteiger partial charge >= 0.3 is 0 Å². The third-order valence-corrected chi connectivity index (χ3v) is 6.24. The molecule has 0 saturated carbocycles. The van der Waals surface area contributed by atoms with E-state index in [1.54, 1.807) is 6.08 Å². The Kier molecular flexibility index (Phi) is 8.53. The molecule has 2 aromatic carbocycles. The minimum Gasteiger partial charge on any atom is -0.483 e. The molecule has 0 fully saturated rings. The number of hydrogen-bond acceptors (Lipinski definition) is 5. The summed E-state index contributed by atoms with van der Waals surface area (Å²) in [6.07, 6.45) is 1.47. The molecule has 3 rings (SSSR count). The van der Waals surface area contributed by atoms with Gasteiger partial charge in [0.05, 0.1) is 5.75 Å². The van der Waals surface area contributed by atoms with Crippen LogP contribution in [0.4, 0.5) is 5.69 Å². The van der Waals surface area contributed by atoms with Crippen LogP contribution in [0.25, 0.3) is 0 Å². The number of aromatic nitrogens is 3. The highest BCUT2D eigenvalue weighted by atomic mass is 79.9. The highest BCUT2D eigenvalue weighted by Crippen LogP contribution is 2.26. The van der Waals surface area contributed by atoms with Crippen LogP contribution in [-0.4, -0.2) is 26.4 Å². The van der Waals surface area contributed by atoms with Gasteiger partial charge in [-0.05, 0) is 54.8 Å². The van der Waals surface area contributed by atoms with E-state index >= 15 is 0 Å². The molecule has 1 N–H and O–H groups in total. The van der Waals surface area contributed by atoms with Gasteiger partial charge in [0.2, 0.25) is 5.91 Å². The molecule has 32 heavy (non-hydrogen) atoms. The number of rotatable bonds is 10. The van der Waals surface area contributed by atoms with Gasteiger partial charge < -0.3 is 10.1 Å². The first-order valence-electron chi connectivity index (χ1n) is 10.4. The molecule has 1 amide bonds. The first kappa shape index (κ1) is 24.1. The number of allylic oxidation sites excluding steroid dienone is 1. The fourth-order valence-corrected chi connectivity index (χ4v) is 4.08. The lowest BCUT2D eigenvalue weighted by atomic mass is 10.0. The van der Waals surface area contributed by atoms with Gasteiger partial charge in [0.15, 0.2) is 17.1 Å². The average Bonchev–Trinajstić information content (AvgIpc) is 3.17. The Bertz CT molecular complexity index is 1050. The summed E-state index contributed by atoms with van der Waals surface area (Å²) in [5.74, 6) is 2.04. The maximum absolute atomic E-state index is 12.4. The van der Waals surface area contributed by atoms with E-state index in [2.05, 4.69) is 64.0 Å². The number of amides is 1. The Morgan fingerprint density at radius 3 is 2.47 bits per heavy atom. The summed E-state index contributed by atoms with van der Waals surface area (Å²) >= 11 is 4.72. The lowest BCUT2D eigenvalue weighted by Crippen LogP contribution is -2.15. The SMILES string of the molecule is C=CCn1c(SCC(=O)Nc2ccc(Br)cc2)nnc1C(C)Oc1ccc(C(C)C)cc1. The monoisotopic (exact) mass is 514 g/mol. The molecule has 0 bridgehead atoms. The van der Waals surface area contributed by atoms with E-state index in [9.17, 15) is 4.79 Å². The Labute approximate surface area is 201 Å². The first-order valence-corrected chi connectivity index (χ1v) is 12.1. The van der Waals surface area contributed by atoms with E-state index in [0.29, 0.717) is 23.4 Å². The Morgan fingerprint density at radius 1 is 1.16 bits per heavy atom. The number of halogens is 1. The van der Waals surface area contributed by atoms with Crippen LogP contribution in [-0.2, 0) is 11.3 Å². The second kappa shape index (κ2) is 11.3. The summed E-state index contributed by atoms with van der Waals surface area (Å²) in [4.78, 5) is 12.4. The number of nitrogens with zero attached hydrogens (tertiary/aromatic N) is 3. The molecule has 1 unspecified atom stereocenters. The summed E-state index contributed by atoms with van der Waals surface area (Å²) in [7, 11) is 0. The van der Waals surface area contributed by atoms with Crippen molar-refractivity contribution in [2.75, 3.05) is 11.1 Å². The molecule has 6 nitrogen and oxygen atoms in total. The third-order valence-electron chi connectivity index (χ3n) is 4.74. The molecule has 8 heteroatoms. The van der Waals surface area contributed by atoms with Gasteiger partial charge in [-0.2, -0.15) is 0 Å². The predicted octanol–water partition coefficient (Wildman–Crippen LogP) is 6.22. The van der Waals surface area contributed by atoms with Crippen LogP contribution >= 0.6 is 27.7 Å². The second-order valence-corrected chi connectivity index (χ2v) is 9.43. The molecule has 1 atom stereocenters. The standard InChI is InChI=1S/C24H27BrN4O2S/c1-5-14-29-23(17(4)31-21-12-6-18(7-13-21)16(2)3)27-28-24(29)32-15-22(30)26-20-10-8-19(25)9-11-20/h5-13,16-17H,1,14-15H2,2-4H3,(H,26,30). The Hall–Kier alpha value is -2.58. The van der Waals surface area contributed by atoms with Gasteiger partial charge in [0.25, 0.3) is 0 Å². The average molecular weight is 515 g/mol. The van der Waals surface area contributed by atoms with Gasteiger partial charge in [0, 0.05) is 16.7 Å². The molecule has 0 aliphatic heterocycles. The number of benzene rings is 2. The number of thioether (sulfide) groups is 1. The number of carbonyl (C=O) groups is 1. The summed E-state index contributed by atoms with van der Waals surface area (Å²) in [5, 5.41) is 12.2. The fourth-order valence-electron chi connectivity index (χ4n) is 3.06. The quantitative estimate of drug-likeness (QED) is 0.257. The molecule has 168 valence electrons. The molecule has 3 aromatic rings. The summed E-state index contributed by atoms with van der Waals surface area (Å²) in [6, 6.07) is 15.6. The first-order chi connectivity index (χ1) is 15.4. The second-order valence-electron chi connectivity index (χ2n) is 7.57. The molecule has 0 saturated heterocycles. The van der Waals surface area contributed by atoms with Crippen LogP contribution in [0.15, 0.2) is 70.8 Å². The fraction of sp³-hybridized carbons (Fsp3) is 0.292. The topological polar surface area (TPSA) is 69.0 Å². The molecule has 0 spiro atoms. The zero-order chi connectivity index (χ0) is 23.1. The van der Waals surface area contributed by atoms with Crippen LogP contribution in [0.2, 0.25) is 0 Å². The zero-order valence-corrected chi connectivity index (χ0v) is 20.8. The number of carbonyl (C=O) groups excluding carboxylic acids is 1. The van der Waals surface area contributed by atoms with Crippen LogP contribution < -0.4 is 10.1 Å². The largest absolute Gasteiger partial charge is 0.483 e. The molecule has 1 aromatic heterocycles. The minimum atomic E-state index is -0.307. The van der Waals surface area contributed by atoms with Gasteiger partial charge in [-0.1, -0.05) is 59.7 Å². The van der Waals surface area contributed by atoms with Crippen LogP contribution in [0.3, 0.4) is 0 Å². The van der Waals surface area contributed by atoms with Crippen LogP contribution in [0, 0.1) is 0 Å². The molecular weight excluding hydrogens is 488 g/mol. The smallest absolute Gasteiger partial charge is 0.234 e. The minimum absolute atomic E-state index is 0.110. The van der Waals surface area contributed by atoms with Gasteiger partial charge in [-0.25, -0.2) is 0 Å². The molecule has 1 heterocycles. The van der Waals surface area contributed by atoms with Crippen molar-refractivity contribution in [1.82, 2.24) is 14.8 Å². The van der Waals surface area contributed by atoms with E-state index in [-0.39, 0.29) is 17.8 Å². The summed E-state index contributed by atoms with van der Waals surface area (Å²) in [5.41, 5.74) is 2.01. The van der Waals surface area contributed by atoms with E-state index in [0.717, 1.165) is 15.9 Å². The maximum Gasteiger partial charge on any atom is 0.234 e. The van der Waals surface area contributed by atoms with E-state index in [1.807, 2.05) is 47.9 Å². The van der Waals surface area contributed by atoms with Gasteiger partial charge in [0.1, 0.15) is 5.75 Å². The summed E-state index contributed by atoms with van der Waals surface area (Å²) < 4.78 is 8.99. The van der Waals surface area contributed by atoms with Crippen molar-refractivity contribution in [3.63, 3.8) is 0 Å². The van der Waals surface area contributed by atoms with Crippen LogP contribution in [0.1, 0.15) is 44.2 Å². The van der Waals surface area contributed by atoms with Crippen molar-refractivity contribution in [2.45, 2.75) is 44.5 Å². The van der Waals surface area contributed by atoms with Crippen molar-refractivity contribution in [1.29, 1.82) is 0 Å². The lowest BCUT2D eigenvalue weighted by Gasteiger charge is -2.16. The van der Waals surface area contributed by atoms with E-state index in [4.69, 9.17) is 4.74 Å². The molecule has 0 aliphatic rings. The highest BCUT2D eigenvalue weighted by Gasteiger charge is 2.20. The van der Waals surface area contributed by atoms with Crippen LogP contribution in [0.5, 0.6) is 5.75 Å². The number of hydrogen-bond donors (Lipinski definition) is 1. The van der Waals surface area contributed by atoms with E-state index in [1.165, 1.54) is 17.3 Å². The normalized spacial score (nSPS) is 11.9. The number of nitrogens with one attached hydrogen (secondary N) is 1. The van der Waals surface area contributed by atoms with Crippen molar-refractivity contribution >= 4 is 39.3 Å². The highest BCUT2D eigenvalue weighted by molar-refractivity contribution is 9.10. The lowest BCUT2D eigenvalue weighted by molar-refractivity contribution is -0.113. The third kappa shape index (κ3) is 6.46.